The van der Waals surface area contributed by atoms with Gasteiger partial charge in [-0.15, -0.1) is 0 Å². The molecular weight excluding hydrogens is 280 g/mol. The summed E-state index contributed by atoms with van der Waals surface area (Å²) in [5.74, 6) is -0.983. The maximum atomic E-state index is 11.9. The Kier molecular flexibility index (Phi) is 4.32. The molecule has 1 rings (SSSR count). The lowest BCUT2D eigenvalue weighted by Crippen LogP contribution is -2.31. The Morgan fingerprint density at radius 3 is 2.06 bits per heavy atom. The van der Waals surface area contributed by atoms with Crippen LogP contribution < -0.4 is 5.32 Å². The first-order valence-electron chi connectivity index (χ1n) is 4.86. The van der Waals surface area contributed by atoms with Crippen molar-refractivity contribution in [3.05, 3.63) is 24.3 Å². The largest absolute Gasteiger partial charge is 0.388 e. The minimum Gasteiger partial charge on any atom is -0.388 e. The molecule has 0 radical (unpaired) electrons. The Morgan fingerprint density at radius 2 is 1.67 bits per heavy atom. The van der Waals surface area contributed by atoms with Gasteiger partial charge in [0, 0.05) is 19.8 Å². The average Bonchev–Trinajstić information content (AvgIpc) is 2.27. The SMILES string of the molecule is CNc1ccc(S(=O)(=O)N(C)CS(=O)(=O)O)cc1. The van der Waals surface area contributed by atoms with E-state index in [1.807, 2.05) is 0 Å². The molecule has 0 atom stereocenters. The quantitative estimate of drug-likeness (QED) is 0.752. The fourth-order valence-corrected chi connectivity index (χ4v) is 3.53. The summed E-state index contributed by atoms with van der Waals surface area (Å²) in [6.45, 7) is 0. The van der Waals surface area contributed by atoms with Crippen molar-refractivity contribution in [1.29, 1.82) is 0 Å². The van der Waals surface area contributed by atoms with Gasteiger partial charge in [-0.3, -0.25) is 4.55 Å². The highest BCUT2D eigenvalue weighted by molar-refractivity contribution is 7.91. The zero-order valence-electron chi connectivity index (χ0n) is 9.86. The molecule has 9 heteroatoms. The second kappa shape index (κ2) is 5.22. The highest BCUT2D eigenvalue weighted by atomic mass is 32.2. The average molecular weight is 294 g/mol. The molecule has 0 saturated heterocycles. The van der Waals surface area contributed by atoms with Crippen molar-refractivity contribution in [2.75, 3.05) is 25.3 Å². The van der Waals surface area contributed by atoms with Crippen LogP contribution >= 0.6 is 0 Å². The van der Waals surface area contributed by atoms with Gasteiger partial charge in [0.1, 0.15) is 5.88 Å². The molecular formula is C9H14N2O5S2. The summed E-state index contributed by atoms with van der Waals surface area (Å²) in [5.41, 5.74) is 0.728. The Labute approximate surface area is 106 Å². The van der Waals surface area contributed by atoms with Crippen molar-refractivity contribution >= 4 is 25.8 Å². The van der Waals surface area contributed by atoms with Crippen LogP contribution in [0, 0.1) is 0 Å². The van der Waals surface area contributed by atoms with Gasteiger partial charge in [-0.05, 0) is 24.3 Å². The molecule has 0 fully saturated rings. The van der Waals surface area contributed by atoms with Gasteiger partial charge in [0.05, 0.1) is 4.90 Å². The molecule has 0 heterocycles. The molecule has 0 bridgehead atoms. The van der Waals surface area contributed by atoms with Crippen molar-refractivity contribution in [2.45, 2.75) is 4.90 Å². The lowest BCUT2D eigenvalue weighted by molar-refractivity contribution is 0.446. The van der Waals surface area contributed by atoms with Crippen LogP contribution in [-0.2, 0) is 20.1 Å². The minimum atomic E-state index is -4.39. The van der Waals surface area contributed by atoms with Crippen molar-refractivity contribution in [3.63, 3.8) is 0 Å². The first-order chi connectivity index (χ1) is 8.16. The maximum Gasteiger partial charge on any atom is 0.279 e. The Bertz CT molecular complexity index is 607. The third-order valence-electron chi connectivity index (χ3n) is 2.20. The molecule has 102 valence electrons. The van der Waals surface area contributed by atoms with E-state index in [4.69, 9.17) is 4.55 Å². The van der Waals surface area contributed by atoms with Gasteiger partial charge in [-0.25, -0.2) is 8.42 Å². The molecule has 0 aliphatic heterocycles. The number of sulfonamides is 1. The summed E-state index contributed by atoms with van der Waals surface area (Å²) in [7, 11) is -5.56. The van der Waals surface area contributed by atoms with Crippen LogP contribution in [-0.4, -0.2) is 45.7 Å². The maximum absolute atomic E-state index is 11.9. The zero-order chi connectivity index (χ0) is 14.0. The molecule has 18 heavy (non-hydrogen) atoms. The fourth-order valence-electron chi connectivity index (χ4n) is 1.27. The second-order valence-corrected chi connectivity index (χ2v) is 7.06. The lowest BCUT2D eigenvalue weighted by atomic mass is 10.3. The molecule has 0 unspecified atom stereocenters. The van der Waals surface area contributed by atoms with Gasteiger partial charge in [-0.2, -0.15) is 12.7 Å². The van der Waals surface area contributed by atoms with Crippen LogP contribution in [0.4, 0.5) is 5.69 Å². The fraction of sp³-hybridized carbons (Fsp3) is 0.333. The van der Waals surface area contributed by atoms with E-state index >= 15 is 0 Å². The summed E-state index contributed by atoms with van der Waals surface area (Å²) >= 11 is 0. The van der Waals surface area contributed by atoms with Crippen LogP contribution in [0.5, 0.6) is 0 Å². The smallest absolute Gasteiger partial charge is 0.279 e. The van der Waals surface area contributed by atoms with E-state index in [9.17, 15) is 16.8 Å². The molecule has 0 aromatic heterocycles. The summed E-state index contributed by atoms with van der Waals surface area (Å²) < 4.78 is 54.4. The highest BCUT2D eigenvalue weighted by Crippen LogP contribution is 2.17. The highest BCUT2D eigenvalue weighted by Gasteiger charge is 2.24. The van der Waals surface area contributed by atoms with Gasteiger partial charge in [0.25, 0.3) is 10.1 Å². The van der Waals surface area contributed by atoms with Crippen LogP contribution in [0.3, 0.4) is 0 Å². The molecule has 0 amide bonds. The van der Waals surface area contributed by atoms with Crippen molar-refractivity contribution in [3.8, 4) is 0 Å². The van der Waals surface area contributed by atoms with Crippen molar-refractivity contribution in [1.82, 2.24) is 4.31 Å². The summed E-state index contributed by atoms with van der Waals surface area (Å²) in [6.07, 6.45) is 0. The van der Waals surface area contributed by atoms with Gasteiger partial charge >= 0.3 is 0 Å². The number of nitrogens with zero attached hydrogens (tertiary/aromatic N) is 1. The van der Waals surface area contributed by atoms with Crippen LogP contribution in [0.15, 0.2) is 29.2 Å². The minimum absolute atomic E-state index is 0.0485. The molecule has 2 N–H and O–H groups in total. The van der Waals surface area contributed by atoms with E-state index < -0.39 is 26.0 Å². The number of anilines is 1. The molecule has 0 aliphatic carbocycles. The molecule has 0 aliphatic rings. The lowest BCUT2D eigenvalue weighted by Gasteiger charge is -2.15. The molecule has 0 saturated carbocycles. The monoisotopic (exact) mass is 294 g/mol. The van der Waals surface area contributed by atoms with Gasteiger partial charge in [-0.1, -0.05) is 0 Å². The van der Waals surface area contributed by atoms with E-state index in [2.05, 4.69) is 5.32 Å². The van der Waals surface area contributed by atoms with Crippen molar-refractivity contribution < 1.29 is 21.4 Å². The molecule has 1 aromatic rings. The van der Waals surface area contributed by atoms with E-state index in [1.54, 1.807) is 19.2 Å². The van der Waals surface area contributed by atoms with E-state index in [-0.39, 0.29) is 4.90 Å². The third kappa shape index (κ3) is 3.67. The summed E-state index contributed by atoms with van der Waals surface area (Å²) in [6, 6.07) is 5.80. The number of rotatable bonds is 5. The third-order valence-corrected chi connectivity index (χ3v) is 4.89. The number of hydrogen-bond acceptors (Lipinski definition) is 5. The van der Waals surface area contributed by atoms with Crippen LogP contribution in [0.25, 0.3) is 0 Å². The second-order valence-electron chi connectivity index (χ2n) is 3.59. The van der Waals surface area contributed by atoms with Gasteiger partial charge < -0.3 is 5.32 Å². The Hall–Kier alpha value is -1.16. The van der Waals surface area contributed by atoms with Gasteiger partial charge in [0.15, 0.2) is 0 Å². The van der Waals surface area contributed by atoms with Gasteiger partial charge in [0.2, 0.25) is 10.0 Å². The Morgan fingerprint density at radius 1 is 1.17 bits per heavy atom. The zero-order valence-corrected chi connectivity index (χ0v) is 11.5. The topological polar surface area (TPSA) is 104 Å². The van der Waals surface area contributed by atoms with Crippen LogP contribution in [0.2, 0.25) is 0 Å². The molecule has 1 aromatic carbocycles. The van der Waals surface area contributed by atoms with Crippen molar-refractivity contribution in [2.24, 2.45) is 0 Å². The van der Waals surface area contributed by atoms with Crippen LogP contribution in [0.1, 0.15) is 0 Å². The first-order valence-corrected chi connectivity index (χ1v) is 7.91. The standard InChI is InChI=1S/C9H14N2O5S2/c1-10-8-3-5-9(6-4-8)18(15,16)11(2)7-17(12,13)14/h3-6,10H,7H2,1-2H3,(H,12,13,14). The van der Waals surface area contributed by atoms with E-state index in [0.29, 0.717) is 4.31 Å². The number of nitrogens with one attached hydrogen (secondary N) is 1. The molecule has 0 spiro atoms. The summed E-state index contributed by atoms with van der Waals surface area (Å²) in [4.78, 5) is -0.0485. The van der Waals surface area contributed by atoms with E-state index in [1.165, 1.54) is 12.1 Å². The first kappa shape index (κ1) is 14.9. The number of hydrogen-bond donors (Lipinski definition) is 2. The van der Waals surface area contributed by atoms with E-state index in [0.717, 1.165) is 12.7 Å². The predicted molar refractivity (Wildman–Crippen MR) is 67.4 cm³/mol. The number of benzene rings is 1. The normalized spacial score (nSPS) is 12.7. The molecule has 7 nitrogen and oxygen atoms in total. The Balaban J connectivity index is 3.05. The summed E-state index contributed by atoms with van der Waals surface area (Å²) in [5, 5.41) is 2.83. The predicted octanol–water partition coefficient (Wildman–Crippen LogP) is 0.194.